The van der Waals surface area contributed by atoms with Crippen molar-refractivity contribution in [2.45, 2.75) is 0 Å². The van der Waals surface area contributed by atoms with Crippen LogP contribution in [0.3, 0.4) is 0 Å². The van der Waals surface area contributed by atoms with Gasteiger partial charge in [0.25, 0.3) is 0 Å². The van der Waals surface area contributed by atoms with Crippen molar-refractivity contribution in [2.75, 3.05) is 7.11 Å². The molecule has 0 amide bonds. The third kappa shape index (κ3) is 5.43. The number of methoxy groups -OCH3 is 1. The molecule has 4 aromatic carbocycles. The first-order valence-electron chi connectivity index (χ1n) is 10.5. The average Bonchev–Trinajstić information content (AvgIpc) is 2.88. The fourth-order valence-corrected chi connectivity index (χ4v) is 3.34. The second kappa shape index (κ2) is 10.2. The van der Waals surface area contributed by atoms with Gasteiger partial charge in [-0.2, -0.15) is 0 Å². The molecule has 0 bridgehead atoms. The third-order valence-corrected chi connectivity index (χ3v) is 5.12. The van der Waals surface area contributed by atoms with Crippen LogP contribution in [0.1, 0.15) is 26.3 Å². The number of benzene rings is 4. The molecular formula is C29H22O4. The summed E-state index contributed by atoms with van der Waals surface area (Å²) in [6, 6.07) is 31.3. The Kier molecular flexibility index (Phi) is 6.76. The molecule has 0 saturated heterocycles. The molecular weight excluding hydrogens is 412 g/mol. The molecule has 4 rings (SSSR count). The summed E-state index contributed by atoms with van der Waals surface area (Å²) in [4.78, 5) is 25.3. The molecule has 0 saturated carbocycles. The maximum Gasteiger partial charge on any atom is 0.343 e. The molecule has 0 aliphatic heterocycles. The van der Waals surface area contributed by atoms with Crippen LogP contribution in [0.15, 0.2) is 109 Å². The van der Waals surface area contributed by atoms with Gasteiger partial charge in [0.15, 0.2) is 5.78 Å². The van der Waals surface area contributed by atoms with Crippen LogP contribution < -0.4 is 9.47 Å². The molecule has 0 aliphatic rings. The summed E-state index contributed by atoms with van der Waals surface area (Å²) >= 11 is 0. The topological polar surface area (TPSA) is 52.6 Å². The van der Waals surface area contributed by atoms with Gasteiger partial charge in [-0.05, 0) is 47.5 Å². The molecule has 0 unspecified atom stereocenters. The average molecular weight is 434 g/mol. The first-order valence-corrected chi connectivity index (χ1v) is 10.5. The van der Waals surface area contributed by atoms with Gasteiger partial charge in [-0.1, -0.05) is 78.9 Å². The smallest absolute Gasteiger partial charge is 0.343 e. The quantitative estimate of drug-likeness (QED) is 0.145. The third-order valence-electron chi connectivity index (χ3n) is 5.12. The maximum absolute atomic E-state index is 12.7. The number of allylic oxidation sites excluding steroid dienone is 1. The lowest BCUT2D eigenvalue weighted by Gasteiger charge is -2.08. The van der Waals surface area contributed by atoms with Gasteiger partial charge in [0.2, 0.25) is 0 Å². The molecule has 0 N–H and O–H groups in total. The van der Waals surface area contributed by atoms with Crippen LogP contribution in [0, 0.1) is 0 Å². The minimum atomic E-state index is -0.502. The van der Waals surface area contributed by atoms with Crippen LogP contribution in [-0.4, -0.2) is 18.9 Å². The van der Waals surface area contributed by atoms with Gasteiger partial charge in [-0.25, -0.2) is 4.79 Å². The Labute approximate surface area is 192 Å². The highest BCUT2D eigenvalue weighted by Gasteiger charge is 2.12. The molecule has 0 spiro atoms. The van der Waals surface area contributed by atoms with Crippen LogP contribution in [0.4, 0.5) is 0 Å². The largest absolute Gasteiger partial charge is 0.497 e. The van der Waals surface area contributed by atoms with Gasteiger partial charge < -0.3 is 9.47 Å². The molecule has 33 heavy (non-hydrogen) atoms. The minimum absolute atomic E-state index is 0.136. The van der Waals surface area contributed by atoms with E-state index < -0.39 is 5.97 Å². The summed E-state index contributed by atoms with van der Waals surface area (Å²) in [7, 11) is 1.54. The monoisotopic (exact) mass is 434 g/mol. The van der Waals surface area contributed by atoms with Crippen molar-refractivity contribution >= 4 is 17.8 Å². The molecule has 0 atom stereocenters. The van der Waals surface area contributed by atoms with Gasteiger partial charge in [0.1, 0.15) is 11.5 Å². The van der Waals surface area contributed by atoms with E-state index in [9.17, 15) is 9.59 Å². The molecule has 0 heterocycles. The molecule has 4 nitrogen and oxygen atoms in total. The van der Waals surface area contributed by atoms with Crippen LogP contribution in [0.2, 0.25) is 0 Å². The molecule has 0 radical (unpaired) electrons. The van der Waals surface area contributed by atoms with Crippen molar-refractivity contribution in [3.8, 4) is 22.6 Å². The standard InChI is InChI=1S/C29H22O4/c1-32-26-12-7-11-25(20-26)29(31)33-28-13-6-5-10-24(28)18-19-27(30)23-16-14-22(15-17-23)21-8-3-2-4-9-21/h2-20H,1H3. The van der Waals surface area contributed by atoms with E-state index in [4.69, 9.17) is 9.47 Å². The lowest BCUT2D eigenvalue weighted by molar-refractivity contribution is 0.0734. The van der Waals surface area contributed by atoms with Crippen molar-refractivity contribution in [2.24, 2.45) is 0 Å². The highest BCUT2D eigenvalue weighted by Crippen LogP contribution is 2.23. The highest BCUT2D eigenvalue weighted by molar-refractivity contribution is 6.07. The summed E-state index contributed by atoms with van der Waals surface area (Å²) in [5.74, 6) is 0.302. The molecule has 0 aliphatic carbocycles. The summed E-state index contributed by atoms with van der Waals surface area (Å²) in [6.45, 7) is 0. The molecule has 4 aromatic rings. The first kappa shape index (κ1) is 21.8. The van der Waals surface area contributed by atoms with Crippen molar-refractivity contribution in [3.63, 3.8) is 0 Å². The number of ketones is 1. The van der Waals surface area contributed by atoms with Crippen LogP contribution in [0.5, 0.6) is 11.5 Å². The van der Waals surface area contributed by atoms with Crippen molar-refractivity contribution in [1.82, 2.24) is 0 Å². The normalized spacial score (nSPS) is 10.7. The molecule has 4 heteroatoms. The van der Waals surface area contributed by atoms with Crippen LogP contribution in [0.25, 0.3) is 17.2 Å². The first-order chi connectivity index (χ1) is 16.1. The van der Waals surface area contributed by atoms with Gasteiger partial charge in [-0.15, -0.1) is 0 Å². The van der Waals surface area contributed by atoms with E-state index in [1.165, 1.54) is 13.2 Å². The van der Waals surface area contributed by atoms with Crippen LogP contribution >= 0.6 is 0 Å². The van der Waals surface area contributed by atoms with Gasteiger partial charge in [0, 0.05) is 11.1 Å². The predicted molar refractivity (Wildman–Crippen MR) is 130 cm³/mol. The summed E-state index contributed by atoms with van der Waals surface area (Å²) in [6.07, 6.45) is 3.14. The zero-order chi connectivity index (χ0) is 23.0. The van der Waals surface area contributed by atoms with E-state index >= 15 is 0 Å². The van der Waals surface area contributed by atoms with Gasteiger partial charge in [0.05, 0.1) is 12.7 Å². The number of para-hydroxylation sites is 1. The van der Waals surface area contributed by atoms with E-state index in [1.54, 1.807) is 48.5 Å². The predicted octanol–water partition coefficient (Wildman–Crippen LogP) is 6.48. The molecule has 162 valence electrons. The molecule has 0 fully saturated rings. The Balaban J connectivity index is 1.48. The summed E-state index contributed by atoms with van der Waals surface area (Å²) in [5.41, 5.74) is 3.73. The lowest BCUT2D eigenvalue weighted by Crippen LogP contribution is -2.09. The van der Waals surface area contributed by atoms with Crippen LogP contribution in [-0.2, 0) is 0 Å². The lowest BCUT2D eigenvalue weighted by atomic mass is 10.0. The van der Waals surface area contributed by atoms with E-state index in [-0.39, 0.29) is 5.78 Å². The number of rotatable bonds is 7. The number of carbonyl (C=O) groups excluding carboxylic acids is 2. The van der Waals surface area contributed by atoms with Gasteiger partial charge in [-0.3, -0.25) is 4.79 Å². The van der Waals surface area contributed by atoms with Crippen molar-refractivity contribution < 1.29 is 19.1 Å². The van der Waals surface area contributed by atoms with E-state index in [0.717, 1.165) is 11.1 Å². The number of hydrogen-bond acceptors (Lipinski definition) is 4. The Bertz CT molecular complexity index is 1290. The zero-order valence-corrected chi connectivity index (χ0v) is 18.1. The van der Waals surface area contributed by atoms with Crippen molar-refractivity contribution in [3.05, 3.63) is 126 Å². The van der Waals surface area contributed by atoms with Crippen molar-refractivity contribution in [1.29, 1.82) is 0 Å². The summed E-state index contributed by atoms with van der Waals surface area (Å²) in [5, 5.41) is 0. The minimum Gasteiger partial charge on any atom is -0.497 e. The zero-order valence-electron chi connectivity index (χ0n) is 18.1. The number of esters is 1. The van der Waals surface area contributed by atoms with E-state index in [0.29, 0.717) is 28.2 Å². The summed E-state index contributed by atoms with van der Waals surface area (Å²) < 4.78 is 10.7. The Morgan fingerprint density at radius 2 is 1.39 bits per heavy atom. The Morgan fingerprint density at radius 3 is 2.15 bits per heavy atom. The highest BCUT2D eigenvalue weighted by atomic mass is 16.5. The second-order valence-corrected chi connectivity index (χ2v) is 7.30. The number of carbonyl (C=O) groups is 2. The van der Waals surface area contributed by atoms with Gasteiger partial charge >= 0.3 is 5.97 Å². The van der Waals surface area contributed by atoms with E-state index in [2.05, 4.69) is 0 Å². The fraction of sp³-hybridized carbons (Fsp3) is 0.0345. The number of hydrogen-bond donors (Lipinski definition) is 0. The Morgan fingerprint density at radius 1 is 0.697 bits per heavy atom. The van der Waals surface area contributed by atoms with E-state index in [1.807, 2.05) is 60.7 Å². The SMILES string of the molecule is COc1cccc(C(=O)Oc2ccccc2C=CC(=O)c2ccc(-c3ccccc3)cc2)c1. The maximum atomic E-state index is 12.7. The fourth-order valence-electron chi connectivity index (χ4n) is 3.34. The second-order valence-electron chi connectivity index (χ2n) is 7.30. The molecule has 0 aromatic heterocycles. The number of ether oxygens (including phenoxy) is 2. The Hall–Kier alpha value is -4.44.